The van der Waals surface area contributed by atoms with Gasteiger partial charge in [0.25, 0.3) is 0 Å². The number of anilines is 1. The Balaban J connectivity index is 2.34. The van der Waals surface area contributed by atoms with E-state index < -0.39 is 0 Å². The van der Waals surface area contributed by atoms with Gasteiger partial charge in [0.1, 0.15) is 12.0 Å². The first kappa shape index (κ1) is 9.06. The topological polar surface area (TPSA) is 40.5 Å². The van der Waals surface area contributed by atoms with Crippen molar-refractivity contribution < 1.29 is 9.90 Å². The van der Waals surface area contributed by atoms with E-state index in [1.54, 1.807) is 12.1 Å². The van der Waals surface area contributed by atoms with Gasteiger partial charge in [0.15, 0.2) is 0 Å². The quantitative estimate of drug-likeness (QED) is 0.717. The third-order valence-corrected chi connectivity index (χ3v) is 2.57. The van der Waals surface area contributed by atoms with E-state index in [4.69, 9.17) is 0 Å². The molecular weight excluding hydrogens is 178 g/mol. The maximum Gasteiger partial charge on any atom is 0.139 e. The van der Waals surface area contributed by atoms with Crippen LogP contribution in [-0.4, -0.2) is 24.5 Å². The largest absolute Gasteiger partial charge is 0.508 e. The molecule has 0 spiro atoms. The number of phenols is 1. The number of benzene rings is 1. The predicted molar refractivity (Wildman–Crippen MR) is 54.7 cm³/mol. The number of rotatable bonds is 2. The second kappa shape index (κ2) is 3.70. The lowest BCUT2D eigenvalue weighted by molar-refractivity contribution is -0.106. The van der Waals surface area contributed by atoms with Gasteiger partial charge >= 0.3 is 0 Å². The Bertz CT molecular complexity index is 349. The van der Waals surface area contributed by atoms with Crippen molar-refractivity contribution in [3.63, 3.8) is 0 Å². The number of aromatic hydroxyl groups is 1. The highest BCUT2D eigenvalue weighted by atomic mass is 16.3. The van der Waals surface area contributed by atoms with Crippen LogP contribution in [0.2, 0.25) is 0 Å². The fraction of sp³-hybridized carbons (Fsp3) is 0.364. The highest BCUT2D eigenvalue weighted by Crippen LogP contribution is 2.29. The van der Waals surface area contributed by atoms with Gasteiger partial charge in [-0.05, 0) is 36.6 Å². The van der Waals surface area contributed by atoms with Crippen LogP contribution in [0.4, 0.5) is 5.69 Å². The summed E-state index contributed by atoms with van der Waals surface area (Å²) >= 11 is 0. The molecule has 0 atom stereocenters. The zero-order valence-electron chi connectivity index (χ0n) is 7.94. The molecule has 1 N–H and O–H groups in total. The maximum absolute atomic E-state index is 10.5. The molecule has 1 heterocycles. The SMILES string of the molecule is O=CCN1CCCc2cc(O)ccc21. The van der Waals surface area contributed by atoms with Gasteiger partial charge in [0.2, 0.25) is 0 Å². The number of nitrogens with zero attached hydrogens (tertiary/aromatic N) is 1. The third kappa shape index (κ3) is 1.58. The summed E-state index contributed by atoms with van der Waals surface area (Å²) in [6, 6.07) is 5.33. The highest BCUT2D eigenvalue weighted by Gasteiger charge is 2.16. The summed E-state index contributed by atoms with van der Waals surface area (Å²) in [6.45, 7) is 1.37. The minimum Gasteiger partial charge on any atom is -0.508 e. The molecule has 0 aromatic heterocycles. The Kier molecular flexibility index (Phi) is 2.39. The van der Waals surface area contributed by atoms with Crippen molar-refractivity contribution in [1.82, 2.24) is 0 Å². The Morgan fingerprint density at radius 3 is 3.14 bits per heavy atom. The zero-order valence-corrected chi connectivity index (χ0v) is 7.94. The first-order valence-electron chi connectivity index (χ1n) is 4.82. The van der Waals surface area contributed by atoms with Crippen molar-refractivity contribution in [2.24, 2.45) is 0 Å². The molecule has 14 heavy (non-hydrogen) atoms. The Morgan fingerprint density at radius 2 is 2.36 bits per heavy atom. The van der Waals surface area contributed by atoms with Crippen LogP contribution < -0.4 is 4.90 Å². The molecule has 0 unspecified atom stereocenters. The molecule has 0 amide bonds. The minimum atomic E-state index is 0.303. The van der Waals surface area contributed by atoms with Gasteiger partial charge in [-0.3, -0.25) is 0 Å². The lowest BCUT2D eigenvalue weighted by Crippen LogP contribution is -2.30. The molecule has 1 aliphatic heterocycles. The van der Waals surface area contributed by atoms with E-state index in [1.165, 1.54) is 0 Å². The molecule has 0 saturated heterocycles. The molecule has 3 nitrogen and oxygen atoms in total. The van der Waals surface area contributed by atoms with E-state index in [2.05, 4.69) is 0 Å². The smallest absolute Gasteiger partial charge is 0.139 e. The van der Waals surface area contributed by atoms with E-state index in [9.17, 15) is 9.90 Å². The van der Waals surface area contributed by atoms with Crippen molar-refractivity contribution in [3.05, 3.63) is 23.8 Å². The Morgan fingerprint density at radius 1 is 1.50 bits per heavy atom. The van der Waals surface area contributed by atoms with Gasteiger partial charge < -0.3 is 14.8 Å². The average Bonchev–Trinajstić information content (AvgIpc) is 2.18. The van der Waals surface area contributed by atoms with Crippen LogP contribution in [0.1, 0.15) is 12.0 Å². The summed E-state index contributed by atoms with van der Waals surface area (Å²) < 4.78 is 0. The van der Waals surface area contributed by atoms with Crippen molar-refractivity contribution in [1.29, 1.82) is 0 Å². The molecule has 0 aliphatic carbocycles. The molecule has 1 aromatic carbocycles. The molecule has 0 radical (unpaired) electrons. The van der Waals surface area contributed by atoms with E-state index >= 15 is 0 Å². The van der Waals surface area contributed by atoms with Gasteiger partial charge in [-0.2, -0.15) is 0 Å². The maximum atomic E-state index is 10.5. The van der Waals surface area contributed by atoms with Gasteiger partial charge in [-0.15, -0.1) is 0 Å². The molecule has 2 rings (SSSR count). The first-order chi connectivity index (χ1) is 6.81. The van der Waals surface area contributed by atoms with E-state index in [1.807, 2.05) is 11.0 Å². The second-order valence-electron chi connectivity index (χ2n) is 3.53. The molecule has 3 heteroatoms. The fourth-order valence-corrected chi connectivity index (χ4v) is 1.94. The van der Waals surface area contributed by atoms with Crippen molar-refractivity contribution in [2.75, 3.05) is 18.0 Å². The van der Waals surface area contributed by atoms with Gasteiger partial charge in [-0.1, -0.05) is 0 Å². The summed E-state index contributed by atoms with van der Waals surface area (Å²) in [7, 11) is 0. The Hall–Kier alpha value is -1.51. The number of phenolic OH excluding ortho intramolecular Hbond substituents is 1. The summed E-state index contributed by atoms with van der Waals surface area (Å²) in [5.74, 6) is 0.303. The van der Waals surface area contributed by atoms with Crippen molar-refractivity contribution in [2.45, 2.75) is 12.8 Å². The lowest BCUT2D eigenvalue weighted by atomic mass is 10.0. The molecule has 0 saturated carbocycles. The van der Waals surface area contributed by atoms with Gasteiger partial charge in [0.05, 0.1) is 6.54 Å². The summed E-state index contributed by atoms with van der Waals surface area (Å²) in [4.78, 5) is 12.5. The highest BCUT2D eigenvalue weighted by molar-refractivity contribution is 5.65. The number of hydrogen-bond acceptors (Lipinski definition) is 3. The predicted octanol–water partition coefficient (Wildman–Crippen LogP) is 1.34. The number of carbonyl (C=O) groups is 1. The van der Waals surface area contributed by atoms with E-state index in [0.29, 0.717) is 12.3 Å². The van der Waals surface area contributed by atoms with E-state index in [-0.39, 0.29) is 0 Å². The van der Waals surface area contributed by atoms with Crippen LogP contribution >= 0.6 is 0 Å². The van der Waals surface area contributed by atoms with Crippen LogP contribution in [0, 0.1) is 0 Å². The number of aldehydes is 1. The van der Waals surface area contributed by atoms with Crippen LogP contribution in [0.15, 0.2) is 18.2 Å². The summed E-state index contributed by atoms with van der Waals surface area (Å²) in [6.07, 6.45) is 2.95. The third-order valence-electron chi connectivity index (χ3n) is 2.57. The number of carbonyl (C=O) groups excluding carboxylic acids is 1. The number of hydrogen-bond donors (Lipinski definition) is 1. The number of aryl methyl sites for hydroxylation is 1. The second-order valence-corrected chi connectivity index (χ2v) is 3.53. The number of fused-ring (bicyclic) bond motifs is 1. The molecule has 1 aromatic rings. The zero-order chi connectivity index (χ0) is 9.97. The van der Waals surface area contributed by atoms with Crippen LogP contribution in [-0.2, 0) is 11.2 Å². The van der Waals surface area contributed by atoms with Crippen LogP contribution in [0.3, 0.4) is 0 Å². The molecule has 1 aliphatic rings. The molecule has 0 fully saturated rings. The van der Waals surface area contributed by atoms with Gasteiger partial charge in [0, 0.05) is 12.2 Å². The minimum absolute atomic E-state index is 0.303. The molecular formula is C11H13NO2. The average molecular weight is 191 g/mol. The Labute approximate surface area is 83.0 Å². The van der Waals surface area contributed by atoms with Gasteiger partial charge in [-0.25, -0.2) is 0 Å². The van der Waals surface area contributed by atoms with Crippen molar-refractivity contribution >= 4 is 12.0 Å². The van der Waals surface area contributed by atoms with E-state index in [0.717, 1.165) is 36.9 Å². The van der Waals surface area contributed by atoms with Crippen molar-refractivity contribution in [3.8, 4) is 5.75 Å². The normalized spacial score (nSPS) is 15.0. The van der Waals surface area contributed by atoms with Crippen LogP contribution in [0.25, 0.3) is 0 Å². The fourth-order valence-electron chi connectivity index (χ4n) is 1.94. The first-order valence-corrected chi connectivity index (χ1v) is 4.82. The summed E-state index contributed by atoms with van der Waals surface area (Å²) in [5.41, 5.74) is 2.22. The standard InChI is InChI=1S/C11H13NO2/c13-7-6-12-5-1-2-9-8-10(14)3-4-11(9)12/h3-4,7-8,14H,1-2,5-6H2. The monoisotopic (exact) mass is 191 g/mol. The molecule has 74 valence electrons. The molecule has 0 bridgehead atoms. The lowest BCUT2D eigenvalue weighted by Gasteiger charge is -2.29. The summed E-state index contributed by atoms with van der Waals surface area (Å²) in [5, 5.41) is 9.32. The van der Waals surface area contributed by atoms with Crippen LogP contribution in [0.5, 0.6) is 5.75 Å².